The summed E-state index contributed by atoms with van der Waals surface area (Å²) in [7, 11) is 0. The smallest absolute Gasteiger partial charge is 0.253 e. The van der Waals surface area contributed by atoms with Crippen molar-refractivity contribution in [3.8, 4) is 0 Å². The molecule has 1 aliphatic rings. The SMILES string of the molecule is Cc1ccc(N2CC(CNC(=O)Cc3ccc(Cl)cc3)OCC2=O)cc1C. The van der Waals surface area contributed by atoms with Gasteiger partial charge in [0.15, 0.2) is 0 Å². The Bertz CT molecular complexity index is 836. The zero-order valence-electron chi connectivity index (χ0n) is 15.5. The molecule has 2 aromatic carbocycles. The van der Waals surface area contributed by atoms with E-state index in [1.165, 1.54) is 5.56 Å². The molecule has 1 saturated heterocycles. The Kier molecular flexibility index (Phi) is 6.14. The number of ether oxygens (including phenoxy) is 1. The lowest BCUT2D eigenvalue weighted by Crippen LogP contribution is -2.50. The van der Waals surface area contributed by atoms with Crippen LogP contribution in [0.1, 0.15) is 16.7 Å². The first-order valence-corrected chi connectivity index (χ1v) is 9.30. The second-order valence-electron chi connectivity index (χ2n) is 6.81. The molecule has 0 aromatic heterocycles. The summed E-state index contributed by atoms with van der Waals surface area (Å²) in [5.41, 5.74) is 4.09. The third-order valence-corrected chi connectivity index (χ3v) is 4.99. The molecule has 2 aromatic rings. The van der Waals surface area contributed by atoms with Crippen LogP contribution in [0.2, 0.25) is 5.02 Å². The van der Waals surface area contributed by atoms with Gasteiger partial charge in [-0.25, -0.2) is 0 Å². The van der Waals surface area contributed by atoms with E-state index in [0.29, 0.717) is 18.1 Å². The fraction of sp³-hybridized carbons (Fsp3) is 0.333. The summed E-state index contributed by atoms with van der Waals surface area (Å²) < 4.78 is 5.59. The van der Waals surface area contributed by atoms with E-state index in [1.807, 2.05) is 44.2 Å². The van der Waals surface area contributed by atoms with Gasteiger partial charge in [0.1, 0.15) is 6.61 Å². The Balaban J connectivity index is 1.56. The van der Waals surface area contributed by atoms with Crippen molar-refractivity contribution in [2.45, 2.75) is 26.4 Å². The Morgan fingerprint density at radius 1 is 1.19 bits per heavy atom. The minimum atomic E-state index is -0.238. The predicted octanol–water partition coefficient (Wildman–Crippen LogP) is 3.05. The second kappa shape index (κ2) is 8.55. The third kappa shape index (κ3) is 5.08. The molecule has 5 nitrogen and oxygen atoms in total. The highest BCUT2D eigenvalue weighted by molar-refractivity contribution is 6.30. The van der Waals surface area contributed by atoms with Crippen molar-refractivity contribution < 1.29 is 14.3 Å². The number of anilines is 1. The molecule has 27 heavy (non-hydrogen) atoms. The summed E-state index contributed by atoms with van der Waals surface area (Å²) in [5, 5.41) is 3.53. The fourth-order valence-corrected chi connectivity index (χ4v) is 3.10. The second-order valence-corrected chi connectivity index (χ2v) is 7.25. The van der Waals surface area contributed by atoms with Crippen molar-refractivity contribution in [1.29, 1.82) is 0 Å². The van der Waals surface area contributed by atoms with E-state index >= 15 is 0 Å². The highest BCUT2D eigenvalue weighted by Crippen LogP contribution is 2.21. The first kappa shape index (κ1) is 19.4. The van der Waals surface area contributed by atoms with Crippen LogP contribution in [0.4, 0.5) is 5.69 Å². The number of aryl methyl sites for hydroxylation is 2. The first-order valence-electron chi connectivity index (χ1n) is 8.93. The average molecular weight is 387 g/mol. The number of rotatable bonds is 5. The molecular weight excluding hydrogens is 364 g/mol. The summed E-state index contributed by atoms with van der Waals surface area (Å²) in [6.45, 7) is 4.87. The molecule has 1 aliphatic heterocycles. The van der Waals surface area contributed by atoms with Crippen molar-refractivity contribution in [1.82, 2.24) is 5.32 Å². The molecule has 0 saturated carbocycles. The van der Waals surface area contributed by atoms with Crippen LogP contribution in [-0.2, 0) is 20.7 Å². The topological polar surface area (TPSA) is 58.6 Å². The maximum Gasteiger partial charge on any atom is 0.253 e. The van der Waals surface area contributed by atoms with Gasteiger partial charge in [-0.3, -0.25) is 9.59 Å². The lowest BCUT2D eigenvalue weighted by Gasteiger charge is -2.33. The highest BCUT2D eigenvalue weighted by Gasteiger charge is 2.27. The van der Waals surface area contributed by atoms with Crippen LogP contribution in [0.25, 0.3) is 0 Å². The number of nitrogens with one attached hydrogen (secondary N) is 1. The van der Waals surface area contributed by atoms with E-state index in [0.717, 1.165) is 16.8 Å². The lowest BCUT2D eigenvalue weighted by molar-refractivity contribution is -0.129. The van der Waals surface area contributed by atoms with Crippen LogP contribution < -0.4 is 10.2 Å². The molecule has 1 atom stereocenters. The molecule has 1 unspecified atom stereocenters. The summed E-state index contributed by atoms with van der Waals surface area (Å²) in [4.78, 5) is 26.1. The minimum absolute atomic E-state index is 0.0185. The monoisotopic (exact) mass is 386 g/mol. The largest absolute Gasteiger partial charge is 0.365 e. The standard InChI is InChI=1S/C21H23ClN2O3/c1-14-3-8-18(9-15(14)2)24-12-19(27-13-21(24)26)11-23-20(25)10-16-4-6-17(22)7-5-16/h3-9,19H,10-13H2,1-2H3,(H,23,25). The summed E-state index contributed by atoms with van der Waals surface area (Å²) in [6.07, 6.45) is 0.0439. The summed E-state index contributed by atoms with van der Waals surface area (Å²) >= 11 is 5.86. The molecule has 1 fully saturated rings. The van der Waals surface area contributed by atoms with Gasteiger partial charge in [-0.05, 0) is 54.8 Å². The summed E-state index contributed by atoms with van der Waals surface area (Å²) in [5.74, 6) is -0.155. The Labute approximate surface area is 164 Å². The van der Waals surface area contributed by atoms with Crippen molar-refractivity contribution in [2.24, 2.45) is 0 Å². The van der Waals surface area contributed by atoms with Gasteiger partial charge in [-0.2, -0.15) is 0 Å². The number of carbonyl (C=O) groups excluding carboxylic acids is 2. The predicted molar refractivity (Wildman–Crippen MR) is 106 cm³/mol. The lowest BCUT2D eigenvalue weighted by atomic mass is 10.1. The zero-order chi connectivity index (χ0) is 19.4. The van der Waals surface area contributed by atoms with E-state index in [1.54, 1.807) is 17.0 Å². The van der Waals surface area contributed by atoms with Gasteiger partial charge in [-0.1, -0.05) is 29.8 Å². The van der Waals surface area contributed by atoms with E-state index < -0.39 is 0 Å². The number of hydrogen-bond acceptors (Lipinski definition) is 3. The van der Waals surface area contributed by atoms with Crippen molar-refractivity contribution >= 4 is 29.1 Å². The van der Waals surface area contributed by atoms with Gasteiger partial charge < -0.3 is 15.0 Å². The number of morpholine rings is 1. The normalized spacial score (nSPS) is 17.1. The van der Waals surface area contributed by atoms with Gasteiger partial charge in [0.25, 0.3) is 5.91 Å². The number of amides is 2. The van der Waals surface area contributed by atoms with Crippen molar-refractivity contribution in [3.63, 3.8) is 0 Å². The molecule has 3 rings (SSSR count). The Hall–Kier alpha value is -2.37. The maximum atomic E-state index is 12.2. The summed E-state index contributed by atoms with van der Waals surface area (Å²) in [6, 6.07) is 13.2. The molecular formula is C21H23ClN2O3. The fourth-order valence-electron chi connectivity index (χ4n) is 2.97. The van der Waals surface area contributed by atoms with Gasteiger partial charge >= 0.3 is 0 Å². The van der Waals surface area contributed by atoms with Crippen molar-refractivity contribution in [3.05, 3.63) is 64.2 Å². The number of hydrogen-bond donors (Lipinski definition) is 1. The number of halogens is 1. The van der Waals surface area contributed by atoms with Crippen LogP contribution in [0.15, 0.2) is 42.5 Å². The highest BCUT2D eigenvalue weighted by atomic mass is 35.5. The van der Waals surface area contributed by atoms with Gasteiger partial charge in [0.2, 0.25) is 5.91 Å². The van der Waals surface area contributed by atoms with E-state index in [9.17, 15) is 9.59 Å². The van der Waals surface area contributed by atoms with Crippen LogP contribution in [0, 0.1) is 13.8 Å². The van der Waals surface area contributed by atoms with Crippen LogP contribution >= 0.6 is 11.6 Å². The molecule has 0 radical (unpaired) electrons. The molecule has 0 spiro atoms. The number of nitrogens with zero attached hydrogens (tertiary/aromatic N) is 1. The van der Waals surface area contributed by atoms with Gasteiger partial charge in [-0.15, -0.1) is 0 Å². The molecule has 0 bridgehead atoms. The molecule has 2 amide bonds. The Morgan fingerprint density at radius 3 is 2.63 bits per heavy atom. The molecule has 0 aliphatic carbocycles. The van der Waals surface area contributed by atoms with E-state index in [2.05, 4.69) is 5.32 Å². The van der Waals surface area contributed by atoms with Crippen LogP contribution in [0.5, 0.6) is 0 Å². The van der Waals surface area contributed by atoms with Crippen LogP contribution in [0.3, 0.4) is 0 Å². The quantitative estimate of drug-likeness (QED) is 0.859. The third-order valence-electron chi connectivity index (χ3n) is 4.74. The van der Waals surface area contributed by atoms with Crippen molar-refractivity contribution in [2.75, 3.05) is 24.6 Å². The number of benzene rings is 2. The average Bonchev–Trinajstić information content (AvgIpc) is 2.65. The number of carbonyl (C=O) groups is 2. The van der Waals surface area contributed by atoms with Gasteiger partial charge in [0, 0.05) is 17.3 Å². The minimum Gasteiger partial charge on any atom is -0.365 e. The van der Waals surface area contributed by atoms with Gasteiger partial charge in [0.05, 0.1) is 19.1 Å². The molecule has 142 valence electrons. The first-order chi connectivity index (χ1) is 12.9. The van der Waals surface area contributed by atoms with E-state index in [-0.39, 0.29) is 30.9 Å². The maximum absolute atomic E-state index is 12.2. The zero-order valence-corrected chi connectivity index (χ0v) is 16.3. The molecule has 1 N–H and O–H groups in total. The molecule has 1 heterocycles. The van der Waals surface area contributed by atoms with E-state index in [4.69, 9.17) is 16.3 Å². The molecule has 6 heteroatoms. The van der Waals surface area contributed by atoms with Crippen LogP contribution in [-0.4, -0.2) is 37.6 Å². The Morgan fingerprint density at radius 2 is 1.93 bits per heavy atom.